The zero-order valence-electron chi connectivity index (χ0n) is 11.9. The monoisotopic (exact) mass is 307 g/mol. The number of aliphatic hydroxyl groups excluding tert-OH is 2. The molecule has 0 aromatic rings. The molecule has 1 fully saturated rings. The van der Waals surface area contributed by atoms with Crippen molar-refractivity contribution in [2.24, 2.45) is 5.92 Å². The largest absolute Gasteiger partial charge is 0.479 e. The van der Waals surface area contributed by atoms with Crippen LogP contribution in [-0.4, -0.2) is 70.2 Å². The summed E-state index contributed by atoms with van der Waals surface area (Å²) >= 11 is 0. The molecule has 0 aromatic carbocycles. The first-order chi connectivity index (χ1) is 9.70. The summed E-state index contributed by atoms with van der Waals surface area (Å²) in [6.45, 7) is 2.90. The number of ether oxygens (including phenoxy) is 1. The van der Waals surface area contributed by atoms with Crippen molar-refractivity contribution in [3.8, 4) is 0 Å². The quantitative estimate of drug-likeness (QED) is 0.387. The normalized spacial score (nSPS) is 24.0. The van der Waals surface area contributed by atoms with E-state index < -0.39 is 24.1 Å². The summed E-state index contributed by atoms with van der Waals surface area (Å²) in [5.41, 5.74) is 0. The summed E-state index contributed by atoms with van der Waals surface area (Å²) in [7, 11) is 1.44. The van der Waals surface area contributed by atoms with E-state index in [2.05, 4.69) is 17.0 Å². The van der Waals surface area contributed by atoms with Gasteiger partial charge in [0.2, 0.25) is 0 Å². The van der Waals surface area contributed by atoms with Gasteiger partial charge in [-0.2, -0.15) is 0 Å². The zero-order valence-corrected chi connectivity index (χ0v) is 11.9. The maximum absolute atomic E-state index is 11.0. The van der Waals surface area contributed by atoms with Crippen LogP contribution in [0.4, 0.5) is 0 Å². The summed E-state index contributed by atoms with van der Waals surface area (Å²) in [6, 6.07) is 0.552. The lowest BCUT2D eigenvalue weighted by Gasteiger charge is -2.25. The third-order valence-corrected chi connectivity index (χ3v) is 3.00. The van der Waals surface area contributed by atoms with Crippen LogP contribution in [0, 0.1) is 5.92 Å². The van der Waals surface area contributed by atoms with Gasteiger partial charge >= 0.3 is 17.9 Å². The molecule has 0 bridgehead atoms. The van der Waals surface area contributed by atoms with Gasteiger partial charge in [0.15, 0.2) is 12.2 Å². The molecule has 0 amide bonds. The van der Waals surface area contributed by atoms with Crippen LogP contribution in [-0.2, 0) is 19.1 Å². The van der Waals surface area contributed by atoms with Crippen LogP contribution in [0.5, 0.6) is 0 Å². The van der Waals surface area contributed by atoms with Gasteiger partial charge in [-0.1, -0.05) is 0 Å². The topological polar surface area (TPSA) is 153 Å². The van der Waals surface area contributed by atoms with E-state index in [-0.39, 0.29) is 11.9 Å². The fourth-order valence-electron chi connectivity index (χ4n) is 1.64. The molecule has 5 N–H and O–H groups in total. The predicted molar refractivity (Wildman–Crippen MR) is 69.5 cm³/mol. The Bertz CT molecular complexity index is 346. The Balaban J connectivity index is 0.000000384. The van der Waals surface area contributed by atoms with Crippen molar-refractivity contribution in [2.45, 2.75) is 38.0 Å². The van der Waals surface area contributed by atoms with E-state index in [1.807, 2.05) is 0 Å². The first kappa shape index (κ1) is 19.3. The minimum atomic E-state index is -2.27. The maximum Gasteiger partial charge on any atom is 0.335 e. The van der Waals surface area contributed by atoms with Crippen LogP contribution in [0.25, 0.3) is 0 Å². The van der Waals surface area contributed by atoms with Crippen molar-refractivity contribution < 1.29 is 39.5 Å². The number of methoxy groups -OCH3 is 1. The first-order valence-corrected chi connectivity index (χ1v) is 6.33. The Labute approximate surface area is 121 Å². The Kier molecular flexibility index (Phi) is 8.51. The summed E-state index contributed by atoms with van der Waals surface area (Å²) in [6.07, 6.45) is -2.50. The molecule has 122 valence electrons. The van der Waals surface area contributed by atoms with Crippen LogP contribution >= 0.6 is 0 Å². The van der Waals surface area contributed by atoms with Gasteiger partial charge in [-0.05, 0) is 19.8 Å². The van der Waals surface area contributed by atoms with Gasteiger partial charge in [0.05, 0.1) is 13.0 Å². The third-order valence-electron chi connectivity index (χ3n) is 3.00. The summed E-state index contributed by atoms with van der Waals surface area (Å²) in [4.78, 5) is 30.6. The van der Waals surface area contributed by atoms with E-state index in [0.717, 1.165) is 19.4 Å². The highest BCUT2D eigenvalue weighted by Gasteiger charge is 2.29. The lowest BCUT2D eigenvalue weighted by atomic mass is 9.96. The van der Waals surface area contributed by atoms with Gasteiger partial charge < -0.3 is 30.5 Å². The SMILES string of the molecule is COC(=O)[C@@H]1CC[C@H](C)NC1.O=C(O)[C@H](O)[C@@H](O)C(=O)O. The number of aliphatic carboxylic acids is 2. The lowest BCUT2D eigenvalue weighted by molar-refractivity contribution is -0.165. The maximum atomic E-state index is 11.0. The molecule has 0 unspecified atom stereocenters. The fourth-order valence-corrected chi connectivity index (χ4v) is 1.64. The highest BCUT2D eigenvalue weighted by atomic mass is 16.5. The van der Waals surface area contributed by atoms with Crippen LogP contribution in [0.3, 0.4) is 0 Å². The molecule has 4 atom stereocenters. The number of carbonyl (C=O) groups excluding carboxylic acids is 1. The molecule has 0 aromatic heterocycles. The van der Waals surface area contributed by atoms with E-state index in [9.17, 15) is 14.4 Å². The van der Waals surface area contributed by atoms with Crippen LogP contribution in [0.2, 0.25) is 0 Å². The van der Waals surface area contributed by atoms with E-state index in [1.54, 1.807) is 0 Å². The van der Waals surface area contributed by atoms with Crippen LogP contribution in [0.1, 0.15) is 19.8 Å². The van der Waals surface area contributed by atoms with Crippen molar-refractivity contribution in [3.05, 3.63) is 0 Å². The van der Waals surface area contributed by atoms with Crippen LogP contribution < -0.4 is 5.32 Å². The number of hydrogen-bond donors (Lipinski definition) is 5. The van der Waals surface area contributed by atoms with Gasteiger partial charge in [0, 0.05) is 12.6 Å². The summed E-state index contributed by atoms with van der Waals surface area (Å²) in [5.74, 6) is -3.54. The van der Waals surface area contributed by atoms with E-state index in [1.165, 1.54) is 7.11 Å². The van der Waals surface area contributed by atoms with Crippen molar-refractivity contribution in [3.63, 3.8) is 0 Å². The number of rotatable bonds is 4. The minimum absolute atomic E-state index is 0.0793. The molecule has 1 aliphatic heterocycles. The van der Waals surface area contributed by atoms with Gasteiger partial charge in [0.1, 0.15) is 0 Å². The second kappa shape index (κ2) is 9.27. The molecule has 1 rings (SSSR count). The van der Waals surface area contributed by atoms with E-state index >= 15 is 0 Å². The summed E-state index contributed by atoms with van der Waals surface area (Å²) < 4.78 is 4.65. The molecule has 9 nitrogen and oxygen atoms in total. The number of aliphatic hydroxyl groups is 2. The van der Waals surface area contributed by atoms with E-state index in [0.29, 0.717) is 6.04 Å². The van der Waals surface area contributed by atoms with Gasteiger partial charge in [-0.3, -0.25) is 4.79 Å². The standard InChI is InChI=1S/C8H15NO2.C4H6O6/c1-6-3-4-7(5-9-6)8(10)11-2;5-1(3(7)8)2(6)4(9)10/h6-7,9H,3-5H2,1-2H3;1-2,5-6H,(H,7,8)(H,9,10)/t6-,7+;1-,2-/m01/s1. The van der Waals surface area contributed by atoms with Crippen molar-refractivity contribution in [1.29, 1.82) is 0 Å². The van der Waals surface area contributed by atoms with Gasteiger partial charge in [-0.15, -0.1) is 0 Å². The molecule has 0 spiro atoms. The number of esters is 1. The Hall–Kier alpha value is -1.71. The molecule has 21 heavy (non-hydrogen) atoms. The molecule has 1 heterocycles. The number of hydrogen-bond acceptors (Lipinski definition) is 7. The Morgan fingerprint density at radius 1 is 1.10 bits per heavy atom. The lowest BCUT2D eigenvalue weighted by Crippen LogP contribution is -2.40. The molecular weight excluding hydrogens is 286 g/mol. The average molecular weight is 307 g/mol. The second-order valence-electron chi connectivity index (χ2n) is 4.67. The second-order valence-corrected chi connectivity index (χ2v) is 4.67. The smallest absolute Gasteiger partial charge is 0.335 e. The Morgan fingerprint density at radius 2 is 1.57 bits per heavy atom. The molecule has 1 aliphatic rings. The predicted octanol–water partition coefficient (Wildman–Crippen LogP) is -1.58. The highest BCUT2D eigenvalue weighted by molar-refractivity contribution is 5.83. The molecule has 9 heteroatoms. The molecule has 0 aliphatic carbocycles. The van der Waals surface area contributed by atoms with Crippen LogP contribution in [0.15, 0.2) is 0 Å². The average Bonchev–Trinajstić information content (AvgIpc) is 2.46. The highest BCUT2D eigenvalue weighted by Crippen LogP contribution is 2.14. The number of carbonyl (C=O) groups is 3. The zero-order chi connectivity index (χ0) is 16.6. The molecular formula is C12H21NO8. The number of carboxylic acid groups (broad SMARTS) is 2. The molecule has 0 saturated carbocycles. The van der Waals surface area contributed by atoms with Gasteiger partial charge in [0.25, 0.3) is 0 Å². The molecule has 1 saturated heterocycles. The number of piperidine rings is 1. The minimum Gasteiger partial charge on any atom is -0.479 e. The summed E-state index contributed by atoms with van der Waals surface area (Å²) in [5, 5.41) is 35.8. The number of carboxylic acids is 2. The van der Waals surface area contributed by atoms with Crippen molar-refractivity contribution in [1.82, 2.24) is 5.32 Å². The van der Waals surface area contributed by atoms with Crippen molar-refractivity contribution in [2.75, 3.05) is 13.7 Å². The van der Waals surface area contributed by atoms with Gasteiger partial charge in [-0.25, -0.2) is 9.59 Å². The Morgan fingerprint density at radius 3 is 1.86 bits per heavy atom. The van der Waals surface area contributed by atoms with E-state index in [4.69, 9.17) is 20.4 Å². The fraction of sp³-hybridized carbons (Fsp3) is 0.750. The third kappa shape index (κ3) is 7.02. The number of nitrogens with one attached hydrogen (secondary N) is 1. The van der Waals surface area contributed by atoms with Crippen molar-refractivity contribution >= 4 is 17.9 Å². The first-order valence-electron chi connectivity index (χ1n) is 6.33. The molecule has 0 radical (unpaired) electrons.